The molecule has 0 aliphatic carbocycles. The van der Waals surface area contributed by atoms with E-state index in [1.54, 1.807) is 12.1 Å². The van der Waals surface area contributed by atoms with E-state index in [1.807, 2.05) is 0 Å². The van der Waals surface area contributed by atoms with Crippen LogP contribution in [0.25, 0.3) is 11.4 Å². The largest absolute Gasteiger partial charge is 0.505 e. The quantitative estimate of drug-likeness (QED) is 0.803. The van der Waals surface area contributed by atoms with Crippen molar-refractivity contribution >= 4 is 31.9 Å². The lowest BCUT2D eigenvalue weighted by Gasteiger charge is -2.02. The highest BCUT2D eigenvalue weighted by atomic mass is 79.9. The highest BCUT2D eigenvalue weighted by Gasteiger charge is 2.07. The van der Waals surface area contributed by atoms with Crippen molar-refractivity contribution in [2.75, 3.05) is 0 Å². The molecule has 2 rings (SSSR count). The first-order valence-corrected chi connectivity index (χ1v) is 5.84. The molecule has 0 amide bonds. The van der Waals surface area contributed by atoms with Crippen molar-refractivity contribution in [2.45, 2.75) is 0 Å². The summed E-state index contributed by atoms with van der Waals surface area (Å²) >= 11 is 6.44. The number of aromatic hydroxyl groups is 1. The van der Waals surface area contributed by atoms with Gasteiger partial charge in [0.2, 0.25) is 0 Å². The van der Waals surface area contributed by atoms with Crippen LogP contribution in [0.3, 0.4) is 0 Å². The summed E-state index contributed by atoms with van der Waals surface area (Å²) < 4.78 is 14.3. The van der Waals surface area contributed by atoms with Gasteiger partial charge in [-0.3, -0.25) is 0 Å². The van der Waals surface area contributed by atoms with E-state index >= 15 is 0 Å². The van der Waals surface area contributed by atoms with E-state index in [0.717, 1.165) is 0 Å². The van der Waals surface area contributed by atoms with Crippen LogP contribution in [0.1, 0.15) is 0 Å². The van der Waals surface area contributed by atoms with Gasteiger partial charge in [0.25, 0.3) is 0 Å². The van der Waals surface area contributed by atoms with Gasteiger partial charge in [0.1, 0.15) is 9.21 Å². The third-order valence-electron chi connectivity index (χ3n) is 1.87. The molecular formula is C10H5Br2FN2O. The Morgan fingerprint density at radius 2 is 1.69 bits per heavy atom. The summed E-state index contributed by atoms with van der Waals surface area (Å²) in [7, 11) is 0. The van der Waals surface area contributed by atoms with Gasteiger partial charge >= 0.3 is 0 Å². The Labute approximate surface area is 108 Å². The molecule has 0 atom stereocenters. The Morgan fingerprint density at radius 3 is 2.25 bits per heavy atom. The number of halogens is 3. The molecule has 82 valence electrons. The summed E-state index contributed by atoms with van der Waals surface area (Å²) in [5, 5.41) is 9.07. The summed E-state index contributed by atoms with van der Waals surface area (Å²) in [5.41, 5.74) is 0.498. The maximum Gasteiger partial charge on any atom is 0.165 e. The highest BCUT2D eigenvalue weighted by Crippen LogP contribution is 2.24. The molecule has 0 aliphatic heterocycles. The standard InChI is InChI=1S/C10H5Br2FN2O/c11-8-4-9(12)15-10(14-8)5-1-2-7(16)6(13)3-5/h1-4,16H. The van der Waals surface area contributed by atoms with Crippen LogP contribution in [0.5, 0.6) is 5.75 Å². The van der Waals surface area contributed by atoms with E-state index < -0.39 is 11.6 Å². The monoisotopic (exact) mass is 346 g/mol. The van der Waals surface area contributed by atoms with Crippen molar-refractivity contribution in [3.05, 3.63) is 39.3 Å². The number of phenolic OH excluding ortho intramolecular Hbond substituents is 1. The van der Waals surface area contributed by atoms with E-state index in [1.165, 1.54) is 12.1 Å². The van der Waals surface area contributed by atoms with Crippen LogP contribution in [0, 0.1) is 5.82 Å². The first-order chi connectivity index (χ1) is 7.56. The predicted molar refractivity (Wildman–Crippen MR) is 64.5 cm³/mol. The molecule has 3 nitrogen and oxygen atoms in total. The second-order valence-electron chi connectivity index (χ2n) is 3.00. The smallest absolute Gasteiger partial charge is 0.165 e. The molecule has 0 spiro atoms. The topological polar surface area (TPSA) is 46.0 Å². The fraction of sp³-hybridized carbons (Fsp3) is 0. The fourth-order valence-electron chi connectivity index (χ4n) is 1.17. The number of rotatable bonds is 1. The van der Waals surface area contributed by atoms with Gasteiger partial charge in [-0.1, -0.05) is 0 Å². The van der Waals surface area contributed by atoms with Gasteiger partial charge in [-0.2, -0.15) is 0 Å². The average molecular weight is 348 g/mol. The fourth-order valence-corrected chi connectivity index (χ4v) is 2.24. The molecule has 0 saturated heterocycles. The molecule has 0 aliphatic rings. The van der Waals surface area contributed by atoms with Crippen LogP contribution in [-0.2, 0) is 0 Å². The van der Waals surface area contributed by atoms with Crippen LogP contribution in [0.4, 0.5) is 4.39 Å². The molecular weight excluding hydrogens is 343 g/mol. The summed E-state index contributed by atoms with van der Waals surface area (Å²) in [6.45, 7) is 0. The van der Waals surface area contributed by atoms with E-state index in [2.05, 4.69) is 41.8 Å². The van der Waals surface area contributed by atoms with Crippen LogP contribution < -0.4 is 0 Å². The molecule has 0 fully saturated rings. The molecule has 6 heteroatoms. The van der Waals surface area contributed by atoms with Crippen molar-refractivity contribution in [1.29, 1.82) is 0 Å². The molecule has 1 aromatic heterocycles. The zero-order chi connectivity index (χ0) is 11.7. The van der Waals surface area contributed by atoms with Crippen molar-refractivity contribution in [2.24, 2.45) is 0 Å². The van der Waals surface area contributed by atoms with Gasteiger partial charge < -0.3 is 5.11 Å². The molecule has 1 aromatic carbocycles. The zero-order valence-electron chi connectivity index (χ0n) is 7.78. The second kappa shape index (κ2) is 4.47. The molecule has 1 heterocycles. The summed E-state index contributed by atoms with van der Waals surface area (Å²) in [6.07, 6.45) is 0. The van der Waals surface area contributed by atoms with Gasteiger partial charge in [-0.05, 0) is 50.1 Å². The van der Waals surface area contributed by atoms with Crippen LogP contribution >= 0.6 is 31.9 Å². The number of hydrogen-bond acceptors (Lipinski definition) is 3. The van der Waals surface area contributed by atoms with E-state index in [-0.39, 0.29) is 0 Å². The van der Waals surface area contributed by atoms with Gasteiger partial charge in [0.15, 0.2) is 17.4 Å². The van der Waals surface area contributed by atoms with E-state index in [9.17, 15) is 4.39 Å². The third-order valence-corrected chi connectivity index (χ3v) is 2.68. The van der Waals surface area contributed by atoms with Crippen LogP contribution in [0.15, 0.2) is 33.5 Å². The average Bonchev–Trinajstić information content (AvgIpc) is 2.20. The maximum absolute atomic E-state index is 13.1. The highest BCUT2D eigenvalue weighted by molar-refractivity contribution is 9.11. The third kappa shape index (κ3) is 2.38. The van der Waals surface area contributed by atoms with Gasteiger partial charge in [0.05, 0.1) is 0 Å². The predicted octanol–water partition coefficient (Wildman–Crippen LogP) is 3.51. The van der Waals surface area contributed by atoms with Crippen LogP contribution in [-0.4, -0.2) is 15.1 Å². The second-order valence-corrected chi connectivity index (χ2v) is 4.63. The van der Waals surface area contributed by atoms with Crippen molar-refractivity contribution < 1.29 is 9.50 Å². The van der Waals surface area contributed by atoms with Crippen LogP contribution in [0.2, 0.25) is 0 Å². The van der Waals surface area contributed by atoms with Crippen molar-refractivity contribution in [1.82, 2.24) is 9.97 Å². The van der Waals surface area contributed by atoms with Gasteiger partial charge in [-0.15, -0.1) is 0 Å². The minimum Gasteiger partial charge on any atom is -0.505 e. The lowest BCUT2D eigenvalue weighted by molar-refractivity contribution is 0.432. The number of nitrogens with zero attached hydrogens (tertiary/aromatic N) is 2. The number of benzene rings is 1. The number of aromatic nitrogens is 2. The Bertz CT molecular complexity index is 528. The summed E-state index contributed by atoms with van der Waals surface area (Å²) in [5.74, 6) is -0.713. The molecule has 0 saturated carbocycles. The normalized spacial score (nSPS) is 10.4. The first kappa shape index (κ1) is 11.5. The zero-order valence-corrected chi connectivity index (χ0v) is 11.0. The lowest BCUT2D eigenvalue weighted by Crippen LogP contribution is -1.91. The SMILES string of the molecule is Oc1ccc(-c2nc(Br)cc(Br)n2)cc1F. The molecule has 1 N–H and O–H groups in total. The Kier molecular flexibility index (Phi) is 3.20. The molecule has 2 aromatic rings. The summed E-state index contributed by atoms with van der Waals surface area (Å²) in [6, 6.07) is 5.68. The Hall–Kier alpha value is -1.01. The van der Waals surface area contributed by atoms with E-state index in [4.69, 9.17) is 5.11 Å². The minimum absolute atomic E-state index is 0.375. The molecule has 0 radical (unpaired) electrons. The number of hydrogen-bond donors (Lipinski definition) is 1. The molecule has 0 bridgehead atoms. The lowest BCUT2D eigenvalue weighted by atomic mass is 10.2. The first-order valence-electron chi connectivity index (χ1n) is 4.25. The van der Waals surface area contributed by atoms with Crippen molar-refractivity contribution in [3.8, 4) is 17.1 Å². The molecule has 16 heavy (non-hydrogen) atoms. The van der Waals surface area contributed by atoms with Crippen molar-refractivity contribution in [3.63, 3.8) is 0 Å². The molecule has 0 unspecified atom stereocenters. The van der Waals surface area contributed by atoms with Gasteiger partial charge in [-0.25, -0.2) is 14.4 Å². The number of phenols is 1. The Morgan fingerprint density at radius 1 is 1.06 bits per heavy atom. The van der Waals surface area contributed by atoms with Gasteiger partial charge in [0, 0.05) is 11.6 Å². The maximum atomic E-state index is 13.1. The summed E-state index contributed by atoms with van der Waals surface area (Å²) in [4.78, 5) is 8.20. The Balaban J connectivity index is 2.54. The minimum atomic E-state index is -0.697. The van der Waals surface area contributed by atoms with E-state index in [0.29, 0.717) is 20.6 Å².